The van der Waals surface area contributed by atoms with Crippen molar-refractivity contribution in [2.75, 3.05) is 4.90 Å². The standard InChI is InChI=1S/C49H44N5/c1-33(2)40-20-14-21-41(34(3)4)49(40)35-27-28-50-48(29-35)54-44-22-10-9-19-42(44)43-26-25-39(31-47(43)54)53(36-15-7-6-8-16-36)38-18-13-17-37(30-38)52-32-51(5)45-23-11-12-24-46(45)52/h6-34H,1-5H3/q+1. The van der Waals surface area contributed by atoms with Gasteiger partial charge in [0.15, 0.2) is 17.4 Å². The summed E-state index contributed by atoms with van der Waals surface area (Å²) in [7, 11) is 2.10. The minimum absolute atomic E-state index is 0.396. The fourth-order valence-corrected chi connectivity index (χ4v) is 8.20. The third-order valence-corrected chi connectivity index (χ3v) is 10.7. The topological polar surface area (TPSA) is 30.9 Å². The number of aromatic nitrogens is 4. The predicted octanol–water partition coefficient (Wildman–Crippen LogP) is 13.1. The van der Waals surface area contributed by atoms with Gasteiger partial charge in [-0.1, -0.05) is 88.4 Å². The van der Waals surface area contributed by atoms with Crippen LogP contribution in [0.4, 0.5) is 17.1 Å². The van der Waals surface area contributed by atoms with Crippen LogP contribution in [0.2, 0.25) is 0 Å². The van der Waals surface area contributed by atoms with Gasteiger partial charge in [-0.25, -0.2) is 9.55 Å². The molecule has 0 N–H and O–H groups in total. The van der Waals surface area contributed by atoms with Crippen LogP contribution in [0.5, 0.6) is 0 Å². The number of aryl methyl sites for hydroxylation is 1. The van der Waals surface area contributed by atoms with Crippen LogP contribution < -0.4 is 4.90 Å². The number of para-hydroxylation sites is 4. The molecule has 0 aliphatic heterocycles. The molecule has 9 rings (SSSR count). The number of anilines is 3. The van der Waals surface area contributed by atoms with E-state index in [1.807, 2.05) is 6.20 Å². The lowest BCUT2D eigenvalue weighted by molar-refractivity contribution is 0.838. The van der Waals surface area contributed by atoms with Crippen molar-refractivity contribution in [2.24, 2.45) is 7.05 Å². The Kier molecular flexibility index (Phi) is 8.35. The molecule has 0 spiro atoms. The third kappa shape index (κ3) is 5.64. The van der Waals surface area contributed by atoms with E-state index in [4.69, 9.17) is 4.98 Å². The van der Waals surface area contributed by atoms with Crippen LogP contribution in [-0.2, 0) is 7.05 Å². The molecular formula is C49H44N5+. The molecule has 0 aliphatic carbocycles. The number of pyridine rings is 1. The summed E-state index contributed by atoms with van der Waals surface area (Å²) in [5, 5.41) is 2.40. The molecule has 6 aromatic carbocycles. The van der Waals surface area contributed by atoms with Gasteiger partial charge in [-0.2, -0.15) is 4.57 Å². The second-order valence-corrected chi connectivity index (χ2v) is 14.9. The molecule has 0 aliphatic rings. The number of fused-ring (bicyclic) bond motifs is 4. The summed E-state index contributed by atoms with van der Waals surface area (Å²) in [4.78, 5) is 7.42. The van der Waals surface area contributed by atoms with Crippen molar-refractivity contribution < 1.29 is 0 Å². The highest BCUT2D eigenvalue weighted by atomic mass is 15.2. The van der Waals surface area contributed by atoms with Gasteiger partial charge in [-0.05, 0) is 101 Å². The first-order valence-corrected chi connectivity index (χ1v) is 18.9. The average molecular weight is 703 g/mol. The van der Waals surface area contributed by atoms with Gasteiger partial charge in [0.2, 0.25) is 0 Å². The molecule has 5 heteroatoms. The maximum atomic E-state index is 5.06. The van der Waals surface area contributed by atoms with Gasteiger partial charge in [0.1, 0.15) is 11.5 Å². The number of hydrogen-bond donors (Lipinski definition) is 0. The average Bonchev–Trinajstić information content (AvgIpc) is 3.72. The van der Waals surface area contributed by atoms with Gasteiger partial charge < -0.3 is 4.90 Å². The second kappa shape index (κ2) is 13.5. The molecule has 0 fully saturated rings. The Morgan fingerprint density at radius 3 is 1.93 bits per heavy atom. The first kappa shape index (κ1) is 33.4. The number of benzene rings is 6. The molecule has 0 radical (unpaired) electrons. The molecule has 0 saturated carbocycles. The number of rotatable bonds is 8. The van der Waals surface area contributed by atoms with E-state index < -0.39 is 0 Å². The Morgan fingerprint density at radius 2 is 1.17 bits per heavy atom. The molecule has 9 aromatic rings. The lowest BCUT2D eigenvalue weighted by Gasteiger charge is -2.25. The van der Waals surface area contributed by atoms with Gasteiger partial charge in [-0.3, -0.25) is 4.57 Å². The predicted molar refractivity (Wildman–Crippen MR) is 227 cm³/mol. The fraction of sp³-hybridized carbons (Fsp3) is 0.143. The summed E-state index contributed by atoms with van der Waals surface area (Å²) >= 11 is 0. The van der Waals surface area contributed by atoms with Crippen LogP contribution in [-0.4, -0.2) is 18.7 Å². The van der Waals surface area contributed by atoms with E-state index in [1.54, 1.807) is 0 Å². The Bertz CT molecular complexity index is 2780. The first-order chi connectivity index (χ1) is 26.4. The van der Waals surface area contributed by atoms with Gasteiger partial charge >= 0.3 is 0 Å². The maximum absolute atomic E-state index is 5.06. The molecule has 3 heterocycles. The van der Waals surface area contributed by atoms with Crippen LogP contribution in [0.25, 0.3) is 55.5 Å². The highest BCUT2D eigenvalue weighted by molar-refractivity contribution is 6.10. The van der Waals surface area contributed by atoms with Crippen LogP contribution in [0.1, 0.15) is 50.7 Å². The Hall–Kier alpha value is -6.46. The highest BCUT2D eigenvalue weighted by Crippen LogP contribution is 2.41. The SMILES string of the molecule is CC(C)c1cccc(C(C)C)c1-c1ccnc(-n2c3ccccc3c3ccc(N(c4ccccc4)c4cccc(-n5[cH+]n(C)c6ccccc65)c4)cc32)c1. The van der Waals surface area contributed by atoms with Crippen molar-refractivity contribution in [1.82, 2.24) is 18.7 Å². The molecule has 0 atom stereocenters. The minimum atomic E-state index is 0.396. The normalized spacial score (nSPS) is 11.8. The number of nitrogens with zero attached hydrogens (tertiary/aromatic N) is 5. The van der Waals surface area contributed by atoms with E-state index in [2.05, 4.69) is 211 Å². The molecule has 0 unspecified atom stereocenters. The van der Waals surface area contributed by atoms with E-state index >= 15 is 0 Å². The minimum Gasteiger partial charge on any atom is -0.309 e. The van der Waals surface area contributed by atoms with Crippen molar-refractivity contribution >= 4 is 49.9 Å². The molecule has 54 heavy (non-hydrogen) atoms. The van der Waals surface area contributed by atoms with E-state index in [0.29, 0.717) is 11.8 Å². The Balaban J connectivity index is 1.25. The number of hydrogen-bond acceptors (Lipinski definition) is 2. The Morgan fingerprint density at radius 1 is 0.537 bits per heavy atom. The summed E-state index contributed by atoms with van der Waals surface area (Å²) in [6, 6.07) is 54.8. The third-order valence-electron chi connectivity index (χ3n) is 10.7. The van der Waals surface area contributed by atoms with Crippen LogP contribution in [0, 0.1) is 0 Å². The zero-order chi connectivity index (χ0) is 36.9. The van der Waals surface area contributed by atoms with Gasteiger partial charge in [0.05, 0.1) is 16.7 Å². The second-order valence-electron chi connectivity index (χ2n) is 14.9. The summed E-state index contributed by atoms with van der Waals surface area (Å²) in [6.07, 6.45) is 4.13. The zero-order valence-corrected chi connectivity index (χ0v) is 31.5. The molecule has 3 aromatic heterocycles. The molecule has 0 amide bonds. The fourth-order valence-electron chi connectivity index (χ4n) is 8.20. The van der Waals surface area contributed by atoms with Crippen molar-refractivity contribution in [1.29, 1.82) is 0 Å². The lowest BCUT2D eigenvalue weighted by Crippen LogP contribution is -2.10. The summed E-state index contributed by atoms with van der Waals surface area (Å²) in [6.45, 7) is 9.14. The smallest absolute Gasteiger partial charge is 0.191 e. The highest BCUT2D eigenvalue weighted by Gasteiger charge is 2.22. The van der Waals surface area contributed by atoms with Crippen LogP contribution in [0.3, 0.4) is 0 Å². The summed E-state index contributed by atoms with van der Waals surface area (Å²) in [5.74, 6) is 1.70. The van der Waals surface area contributed by atoms with E-state index in [0.717, 1.165) is 39.6 Å². The van der Waals surface area contributed by atoms with Crippen molar-refractivity contribution in [3.63, 3.8) is 0 Å². The zero-order valence-electron chi connectivity index (χ0n) is 31.5. The van der Waals surface area contributed by atoms with E-state index in [-0.39, 0.29) is 0 Å². The largest absolute Gasteiger partial charge is 0.309 e. The van der Waals surface area contributed by atoms with E-state index in [1.165, 1.54) is 44.1 Å². The van der Waals surface area contributed by atoms with E-state index in [9.17, 15) is 0 Å². The molecule has 0 bridgehead atoms. The van der Waals surface area contributed by atoms with Gasteiger partial charge in [-0.15, -0.1) is 0 Å². The molecular weight excluding hydrogens is 659 g/mol. The molecule has 0 saturated heterocycles. The quantitative estimate of drug-likeness (QED) is 0.148. The first-order valence-electron chi connectivity index (χ1n) is 18.9. The Labute approximate surface area is 317 Å². The molecule has 264 valence electrons. The summed E-state index contributed by atoms with van der Waals surface area (Å²) in [5.41, 5.74) is 14.2. The van der Waals surface area contributed by atoms with Crippen molar-refractivity contribution in [3.05, 3.63) is 175 Å². The number of imidazole rings is 1. The van der Waals surface area contributed by atoms with Crippen LogP contribution in [0.15, 0.2) is 164 Å². The van der Waals surface area contributed by atoms with Gasteiger partial charge in [0.25, 0.3) is 0 Å². The van der Waals surface area contributed by atoms with Crippen molar-refractivity contribution in [2.45, 2.75) is 39.5 Å². The maximum Gasteiger partial charge on any atom is 0.191 e. The lowest BCUT2D eigenvalue weighted by atomic mass is 9.85. The van der Waals surface area contributed by atoms with Gasteiger partial charge in [0, 0.05) is 59.7 Å². The van der Waals surface area contributed by atoms with Crippen LogP contribution >= 0.6 is 0 Å². The summed E-state index contributed by atoms with van der Waals surface area (Å²) < 4.78 is 6.79. The monoisotopic (exact) mass is 702 g/mol. The molecule has 5 nitrogen and oxygen atoms in total. The van der Waals surface area contributed by atoms with Crippen molar-refractivity contribution in [3.8, 4) is 22.6 Å².